The predicted octanol–water partition coefficient (Wildman–Crippen LogP) is 2.76. The smallest absolute Gasteiger partial charge is 0.328 e. The molecule has 0 bridgehead atoms. The van der Waals surface area contributed by atoms with Gasteiger partial charge in [0, 0.05) is 6.07 Å². The van der Waals surface area contributed by atoms with Gasteiger partial charge in [-0.15, -0.1) is 17.9 Å². The van der Waals surface area contributed by atoms with Crippen LogP contribution in [0.2, 0.25) is 0 Å². The molecule has 1 N–H and O–H groups in total. The average molecular weight is 362 g/mol. The van der Waals surface area contributed by atoms with E-state index < -0.39 is 12.0 Å². The number of hydrogen-bond donors (Lipinski definition) is 1. The molecule has 0 aliphatic carbocycles. The van der Waals surface area contributed by atoms with E-state index in [4.69, 9.17) is 9.47 Å². The summed E-state index contributed by atoms with van der Waals surface area (Å²) in [6.45, 7) is 5.55. The Labute approximate surface area is 130 Å². The molecule has 1 aromatic heterocycles. The lowest BCUT2D eigenvalue weighted by molar-refractivity contribution is -0.145. The lowest BCUT2D eigenvalue weighted by atomic mass is 10.2. The molecule has 5 nitrogen and oxygen atoms in total. The number of hydrogen-bond acceptors (Lipinski definition) is 5. The van der Waals surface area contributed by atoms with Crippen LogP contribution >= 0.6 is 27.3 Å². The Morgan fingerprint density at radius 1 is 1.60 bits per heavy atom. The van der Waals surface area contributed by atoms with E-state index in [0.29, 0.717) is 17.0 Å². The number of esters is 1. The Morgan fingerprint density at radius 2 is 2.30 bits per heavy atom. The van der Waals surface area contributed by atoms with Crippen LogP contribution in [0.5, 0.6) is 5.75 Å². The molecule has 0 aliphatic heterocycles. The second kappa shape index (κ2) is 8.06. The molecule has 20 heavy (non-hydrogen) atoms. The number of halogens is 1. The number of methoxy groups -OCH3 is 1. The topological polar surface area (TPSA) is 64.6 Å². The molecule has 1 amide bonds. The third-order valence-electron chi connectivity index (χ3n) is 2.38. The summed E-state index contributed by atoms with van der Waals surface area (Å²) in [5.74, 6) is -0.237. The van der Waals surface area contributed by atoms with Crippen molar-refractivity contribution in [2.45, 2.75) is 19.4 Å². The van der Waals surface area contributed by atoms with Crippen molar-refractivity contribution in [3.63, 3.8) is 0 Å². The molecule has 0 unspecified atom stereocenters. The highest BCUT2D eigenvalue weighted by atomic mass is 79.9. The van der Waals surface area contributed by atoms with E-state index >= 15 is 0 Å². The molecule has 0 fully saturated rings. The first-order chi connectivity index (χ1) is 9.53. The van der Waals surface area contributed by atoms with Crippen LogP contribution in [0.1, 0.15) is 23.0 Å². The van der Waals surface area contributed by atoms with Crippen molar-refractivity contribution in [1.82, 2.24) is 5.32 Å². The first-order valence-electron chi connectivity index (χ1n) is 5.95. The van der Waals surface area contributed by atoms with Crippen molar-refractivity contribution in [2.75, 3.05) is 13.7 Å². The van der Waals surface area contributed by atoms with E-state index in [2.05, 4.69) is 27.8 Å². The van der Waals surface area contributed by atoms with Crippen LogP contribution in [0.25, 0.3) is 0 Å². The summed E-state index contributed by atoms with van der Waals surface area (Å²) in [5, 5.41) is 2.63. The lowest BCUT2D eigenvalue weighted by Gasteiger charge is -2.14. The Balaban J connectivity index is 2.79. The second-order valence-corrected chi connectivity index (χ2v) is 6.13. The summed E-state index contributed by atoms with van der Waals surface area (Å²) < 4.78 is 10.7. The molecule has 0 radical (unpaired) electrons. The standard InChI is InChI=1S/C13H16BrNO4S/c1-4-6-8(13(17)19-5-2)15-12(16)10-7-9(18-3)11(14)20-10/h4,7-8H,1,5-6H2,2-3H3,(H,15,16)/t8-/m1/s1. The highest BCUT2D eigenvalue weighted by Gasteiger charge is 2.23. The van der Waals surface area contributed by atoms with Gasteiger partial charge in [0.15, 0.2) is 0 Å². The summed E-state index contributed by atoms with van der Waals surface area (Å²) in [4.78, 5) is 24.3. The van der Waals surface area contributed by atoms with Gasteiger partial charge in [-0.25, -0.2) is 4.79 Å². The summed E-state index contributed by atoms with van der Waals surface area (Å²) >= 11 is 4.54. The fourth-order valence-electron chi connectivity index (χ4n) is 1.46. The summed E-state index contributed by atoms with van der Waals surface area (Å²) in [5.41, 5.74) is 0. The van der Waals surface area contributed by atoms with Crippen LogP contribution in [-0.2, 0) is 9.53 Å². The third-order valence-corrected chi connectivity index (χ3v) is 4.16. The van der Waals surface area contributed by atoms with Gasteiger partial charge in [-0.3, -0.25) is 4.79 Å². The van der Waals surface area contributed by atoms with Crippen molar-refractivity contribution in [3.8, 4) is 5.75 Å². The largest absolute Gasteiger partial charge is 0.495 e. The summed E-state index contributed by atoms with van der Waals surface area (Å²) in [6, 6.07) is 0.882. The molecule has 0 spiro atoms. The number of carbonyl (C=O) groups is 2. The fraction of sp³-hybridized carbons (Fsp3) is 0.385. The monoisotopic (exact) mass is 361 g/mol. The molecule has 110 valence electrons. The molecule has 0 saturated heterocycles. The predicted molar refractivity (Wildman–Crippen MR) is 81.3 cm³/mol. The van der Waals surface area contributed by atoms with E-state index in [9.17, 15) is 9.59 Å². The van der Waals surface area contributed by atoms with Crippen molar-refractivity contribution >= 4 is 39.1 Å². The molecule has 0 saturated carbocycles. The van der Waals surface area contributed by atoms with Crippen LogP contribution in [0.15, 0.2) is 22.5 Å². The average Bonchev–Trinajstić information content (AvgIpc) is 2.79. The minimum Gasteiger partial charge on any atom is -0.495 e. The first-order valence-corrected chi connectivity index (χ1v) is 7.56. The third kappa shape index (κ3) is 4.35. The zero-order chi connectivity index (χ0) is 15.1. The van der Waals surface area contributed by atoms with Crippen LogP contribution in [0.4, 0.5) is 0 Å². The maximum absolute atomic E-state index is 12.1. The number of thiophene rings is 1. The highest BCUT2D eigenvalue weighted by molar-refractivity contribution is 9.11. The van der Waals surface area contributed by atoms with Gasteiger partial charge >= 0.3 is 5.97 Å². The van der Waals surface area contributed by atoms with E-state index in [1.54, 1.807) is 19.1 Å². The molecule has 0 aromatic carbocycles. The maximum Gasteiger partial charge on any atom is 0.328 e. The molecule has 1 heterocycles. The lowest BCUT2D eigenvalue weighted by Crippen LogP contribution is -2.41. The number of amides is 1. The first kappa shape index (κ1) is 16.7. The molecule has 1 rings (SSSR count). The number of ether oxygens (including phenoxy) is 2. The molecule has 7 heteroatoms. The Kier molecular flexibility index (Phi) is 6.74. The zero-order valence-corrected chi connectivity index (χ0v) is 13.7. The van der Waals surface area contributed by atoms with E-state index in [1.807, 2.05) is 0 Å². The molecule has 1 aromatic rings. The Hall–Kier alpha value is -1.34. The van der Waals surface area contributed by atoms with Crippen molar-refractivity contribution in [2.24, 2.45) is 0 Å². The summed E-state index contributed by atoms with van der Waals surface area (Å²) in [7, 11) is 1.52. The van der Waals surface area contributed by atoms with Crippen molar-refractivity contribution < 1.29 is 19.1 Å². The Bertz CT molecular complexity index is 501. The Morgan fingerprint density at radius 3 is 2.80 bits per heavy atom. The molecule has 1 atom stereocenters. The van der Waals surface area contributed by atoms with Crippen LogP contribution in [0.3, 0.4) is 0 Å². The van der Waals surface area contributed by atoms with Crippen LogP contribution in [-0.4, -0.2) is 31.6 Å². The van der Waals surface area contributed by atoms with E-state index in [0.717, 1.165) is 3.79 Å². The van der Waals surface area contributed by atoms with Crippen molar-refractivity contribution in [3.05, 3.63) is 27.4 Å². The number of rotatable bonds is 7. The van der Waals surface area contributed by atoms with Gasteiger partial charge in [0.2, 0.25) is 0 Å². The molecular weight excluding hydrogens is 346 g/mol. The van der Waals surface area contributed by atoms with Gasteiger partial charge in [-0.05, 0) is 29.3 Å². The highest BCUT2D eigenvalue weighted by Crippen LogP contribution is 2.34. The van der Waals surface area contributed by atoms with Gasteiger partial charge in [0.25, 0.3) is 5.91 Å². The second-order valence-electron chi connectivity index (χ2n) is 3.76. The van der Waals surface area contributed by atoms with Crippen LogP contribution in [0, 0.1) is 0 Å². The van der Waals surface area contributed by atoms with Gasteiger partial charge in [-0.1, -0.05) is 6.08 Å². The minimum absolute atomic E-state index is 0.265. The van der Waals surface area contributed by atoms with Crippen molar-refractivity contribution in [1.29, 1.82) is 0 Å². The van der Waals surface area contributed by atoms with E-state index in [-0.39, 0.29) is 12.5 Å². The van der Waals surface area contributed by atoms with Gasteiger partial charge in [0.1, 0.15) is 15.6 Å². The normalized spacial score (nSPS) is 11.6. The van der Waals surface area contributed by atoms with Gasteiger partial charge < -0.3 is 14.8 Å². The SMILES string of the molecule is C=CC[C@@H](NC(=O)c1cc(OC)c(Br)s1)C(=O)OCC. The number of nitrogens with one attached hydrogen (secondary N) is 1. The number of carbonyl (C=O) groups excluding carboxylic acids is 2. The maximum atomic E-state index is 12.1. The van der Waals surface area contributed by atoms with E-state index in [1.165, 1.54) is 18.4 Å². The quantitative estimate of drug-likeness (QED) is 0.599. The zero-order valence-electron chi connectivity index (χ0n) is 11.3. The van der Waals surface area contributed by atoms with Crippen LogP contribution < -0.4 is 10.1 Å². The minimum atomic E-state index is -0.730. The van der Waals surface area contributed by atoms with Gasteiger partial charge in [-0.2, -0.15) is 0 Å². The molecule has 0 aliphatic rings. The van der Waals surface area contributed by atoms with Gasteiger partial charge in [0.05, 0.1) is 18.6 Å². The molecular formula is C13H16BrNO4S. The summed E-state index contributed by atoms with van der Waals surface area (Å²) in [6.07, 6.45) is 1.88. The fourth-order valence-corrected chi connectivity index (χ4v) is 3.01.